The van der Waals surface area contributed by atoms with Crippen molar-refractivity contribution in [2.24, 2.45) is 0 Å². The van der Waals surface area contributed by atoms with Crippen molar-refractivity contribution in [2.75, 3.05) is 12.9 Å². The van der Waals surface area contributed by atoms with Crippen molar-refractivity contribution in [1.29, 1.82) is 0 Å². The lowest BCUT2D eigenvalue weighted by atomic mass is 10.2. The molecule has 1 heterocycles. The third-order valence-corrected chi connectivity index (χ3v) is 4.63. The molecule has 0 bridgehead atoms. The highest BCUT2D eigenvalue weighted by Crippen LogP contribution is 2.20. The highest BCUT2D eigenvalue weighted by molar-refractivity contribution is 7.99. The SMILES string of the molecule is COC(=O)CSCc1cccc(OCc2ccc3ccccc3n2)c1. The van der Waals surface area contributed by atoms with E-state index in [0.29, 0.717) is 12.4 Å². The van der Waals surface area contributed by atoms with Crippen molar-refractivity contribution < 1.29 is 14.3 Å². The molecule has 25 heavy (non-hydrogen) atoms. The van der Waals surface area contributed by atoms with Gasteiger partial charge in [0.05, 0.1) is 24.1 Å². The van der Waals surface area contributed by atoms with Crippen LogP contribution in [0.25, 0.3) is 10.9 Å². The first kappa shape index (κ1) is 17.3. The van der Waals surface area contributed by atoms with Crippen LogP contribution in [0.2, 0.25) is 0 Å². The number of pyridine rings is 1. The van der Waals surface area contributed by atoms with Crippen molar-refractivity contribution in [3.05, 3.63) is 71.9 Å². The van der Waals surface area contributed by atoms with Gasteiger partial charge in [0.2, 0.25) is 0 Å². The van der Waals surface area contributed by atoms with Crippen LogP contribution in [0.3, 0.4) is 0 Å². The van der Waals surface area contributed by atoms with Gasteiger partial charge in [0.25, 0.3) is 0 Å². The number of rotatable bonds is 7. The highest BCUT2D eigenvalue weighted by atomic mass is 32.2. The minimum Gasteiger partial charge on any atom is -0.487 e. The van der Waals surface area contributed by atoms with Crippen LogP contribution >= 0.6 is 11.8 Å². The molecule has 0 unspecified atom stereocenters. The number of thioether (sulfide) groups is 1. The molecule has 0 aliphatic carbocycles. The Morgan fingerprint density at radius 1 is 1.08 bits per heavy atom. The molecular weight excluding hydrogens is 334 g/mol. The summed E-state index contributed by atoms with van der Waals surface area (Å²) < 4.78 is 10.5. The molecule has 0 spiro atoms. The number of esters is 1. The number of carbonyl (C=O) groups excluding carboxylic acids is 1. The van der Waals surface area contributed by atoms with Crippen LogP contribution in [0, 0.1) is 0 Å². The van der Waals surface area contributed by atoms with E-state index in [2.05, 4.69) is 15.8 Å². The second-order valence-corrected chi connectivity index (χ2v) is 6.49. The smallest absolute Gasteiger partial charge is 0.315 e. The molecule has 4 nitrogen and oxygen atoms in total. The summed E-state index contributed by atoms with van der Waals surface area (Å²) in [6, 6.07) is 20.0. The van der Waals surface area contributed by atoms with Crippen LogP contribution < -0.4 is 4.74 Å². The van der Waals surface area contributed by atoms with Crippen LogP contribution in [0.5, 0.6) is 5.75 Å². The fraction of sp³-hybridized carbons (Fsp3) is 0.200. The Hall–Kier alpha value is -2.53. The number of para-hydroxylation sites is 1. The molecule has 0 N–H and O–H groups in total. The van der Waals surface area contributed by atoms with Gasteiger partial charge >= 0.3 is 5.97 Å². The monoisotopic (exact) mass is 353 g/mol. The zero-order chi connectivity index (χ0) is 17.5. The Morgan fingerprint density at radius 3 is 2.84 bits per heavy atom. The minimum absolute atomic E-state index is 0.209. The summed E-state index contributed by atoms with van der Waals surface area (Å²) >= 11 is 1.52. The maximum Gasteiger partial charge on any atom is 0.315 e. The standard InChI is InChI=1S/C20H19NO3S/c1-23-20(22)14-25-13-15-5-4-7-18(11-15)24-12-17-10-9-16-6-2-3-8-19(16)21-17/h2-11H,12-14H2,1H3. The summed E-state index contributed by atoms with van der Waals surface area (Å²) in [6.45, 7) is 0.420. The van der Waals surface area contributed by atoms with E-state index >= 15 is 0 Å². The lowest BCUT2D eigenvalue weighted by Crippen LogP contribution is -2.03. The topological polar surface area (TPSA) is 48.4 Å². The number of ether oxygens (including phenoxy) is 2. The number of hydrogen-bond donors (Lipinski definition) is 0. The van der Waals surface area contributed by atoms with Gasteiger partial charge in [0.1, 0.15) is 12.4 Å². The quantitative estimate of drug-likeness (QED) is 0.595. The average molecular weight is 353 g/mol. The highest BCUT2D eigenvalue weighted by Gasteiger charge is 2.03. The van der Waals surface area contributed by atoms with E-state index in [1.807, 2.05) is 54.6 Å². The fourth-order valence-electron chi connectivity index (χ4n) is 2.38. The Bertz CT molecular complexity index is 866. The van der Waals surface area contributed by atoms with E-state index in [1.165, 1.54) is 18.9 Å². The first-order chi connectivity index (χ1) is 12.2. The lowest BCUT2D eigenvalue weighted by Gasteiger charge is -2.08. The first-order valence-corrected chi connectivity index (χ1v) is 9.11. The zero-order valence-corrected chi connectivity index (χ0v) is 14.8. The molecular formula is C20H19NO3S. The lowest BCUT2D eigenvalue weighted by molar-refractivity contribution is -0.137. The zero-order valence-electron chi connectivity index (χ0n) is 14.0. The van der Waals surface area contributed by atoms with Gasteiger partial charge in [-0.05, 0) is 29.8 Å². The van der Waals surface area contributed by atoms with Gasteiger partial charge in [-0.15, -0.1) is 11.8 Å². The Kier molecular flexibility index (Phi) is 5.90. The van der Waals surface area contributed by atoms with Gasteiger partial charge in [0.15, 0.2) is 0 Å². The van der Waals surface area contributed by atoms with Gasteiger partial charge < -0.3 is 9.47 Å². The van der Waals surface area contributed by atoms with E-state index < -0.39 is 0 Å². The predicted molar refractivity (Wildman–Crippen MR) is 101 cm³/mol. The predicted octanol–water partition coefficient (Wildman–Crippen LogP) is 4.22. The van der Waals surface area contributed by atoms with E-state index in [9.17, 15) is 4.79 Å². The molecule has 0 saturated carbocycles. The summed E-state index contributed by atoms with van der Waals surface area (Å²) in [7, 11) is 1.40. The van der Waals surface area contributed by atoms with Crippen molar-refractivity contribution >= 4 is 28.6 Å². The molecule has 0 radical (unpaired) electrons. The molecule has 0 atom stereocenters. The molecule has 0 fully saturated rings. The molecule has 2 aromatic carbocycles. The third kappa shape index (κ3) is 4.97. The van der Waals surface area contributed by atoms with Crippen LogP contribution in [0.15, 0.2) is 60.7 Å². The number of carbonyl (C=O) groups is 1. The maximum atomic E-state index is 11.1. The Balaban J connectivity index is 1.58. The second kappa shape index (κ2) is 8.53. The van der Waals surface area contributed by atoms with Crippen LogP contribution in [-0.4, -0.2) is 23.8 Å². The summed E-state index contributed by atoms with van der Waals surface area (Å²) in [5.74, 6) is 1.68. The van der Waals surface area contributed by atoms with Crippen molar-refractivity contribution in [3.63, 3.8) is 0 Å². The molecule has 3 rings (SSSR count). The van der Waals surface area contributed by atoms with Gasteiger partial charge in [-0.3, -0.25) is 4.79 Å². The normalized spacial score (nSPS) is 10.6. The molecule has 128 valence electrons. The Morgan fingerprint density at radius 2 is 1.96 bits per heavy atom. The average Bonchev–Trinajstić information content (AvgIpc) is 2.66. The summed E-state index contributed by atoms with van der Waals surface area (Å²) in [5, 5.41) is 1.12. The number of aromatic nitrogens is 1. The van der Waals surface area contributed by atoms with Gasteiger partial charge in [-0.1, -0.05) is 36.4 Å². The maximum absolute atomic E-state index is 11.1. The van der Waals surface area contributed by atoms with Crippen LogP contribution in [0.4, 0.5) is 0 Å². The van der Waals surface area contributed by atoms with Gasteiger partial charge in [-0.2, -0.15) is 0 Å². The summed E-state index contributed by atoms with van der Waals surface area (Å²) in [5.41, 5.74) is 2.97. The minimum atomic E-state index is -0.209. The molecule has 1 aromatic heterocycles. The molecule has 5 heteroatoms. The van der Waals surface area contributed by atoms with Crippen molar-refractivity contribution in [3.8, 4) is 5.75 Å². The fourth-order valence-corrected chi connectivity index (χ4v) is 3.18. The molecule has 0 saturated heterocycles. The van der Waals surface area contributed by atoms with E-state index in [4.69, 9.17) is 4.74 Å². The van der Waals surface area contributed by atoms with E-state index in [1.54, 1.807) is 0 Å². The van der Waals surface area contributed by atoms with Gasteiger partial charge in [-0.25, -0.2) is 4.98 Å². The third-order valence-electron chi connectivity index (χ3n) is 3.66. The number of nitrogens with zero attached hydrogens (tertiary/aromatic N) is 1. The van der Waals surface area contributed by atoms with Crippen LogP contribution in [-0.2, 0) is 21.9 Å². The number of hydrogen-bond acceptors (Lipinski definition) is 5. The molecule has 3 aromatic rings. The van der Waals surface area contributed by atoms with E-state index in [-0.39, 0.29) is 5.97 Å². The summed E-state index contributed by atoms with van der Waals surface area (Å²) in [6.07, 6.45) is 0. The molecule has 0 amide bonds. The van der Waals surface area contributed by atoms with E-state index in [0.717, 1.165) is 33.7 Å². The van der Waals surface area contributed by atoms with Crippen molar-refractivity contribution in [1.82, 2.24) is 4.98 Å². The second-order valence-electron chi connectivity index (χ2n) is 5.50. The van der Waals surface area contributed by atoms with Crippen molar-refractivity contribution in [2.45, 2.75) is 12.4 Å². The number of benzene rings is 2. The number of fused-ring (bicyclic) bond motifs is 1. The van der Waals surface area contributed by atoms with Gasteiger partial charge in [0, 0.05) is 11.1 Å². The molecule has 0 aliphatic rings. The number of methoxy groups -OCH3 is 1. The molecule has 0 aliphatic heterocycles. The van der Waals surface area contributed by atoms with Crippen LogP contribution in [0.1, 0.15) is 11.3 Å². The first-order valence-electron chi connectivity index (χ1n) is 7.95. The summed E-state index contributed by atoms with van der Waals surface area (Å²) in [4.78, 5) is 15.8. The Labute approximate surface area is 151 Å². The largest absolute Gasteiger partial charge is 0.487 e.